The summed E-state index contributed by atoms with van der Waals surface area (Å²) in [5.41, 5.74) is 7.62. The molecule has 0 aliphatic rings. The molecule has 0 saturated carbocycles. The van der Waals surface area contributed by atoms with Gasteiger partial charge in [-0.15, -0.1) is 11.3 Å². The number of benzene rings is 1. The van der Waals surface area contributed by atoms with Crippen LogP contribution in [0.3, 0.4) is 0 Å². The van der Waals surface area contributed by atoms with Crippen LogP contribution in [0.1, 0.15) is 22.0 Å². The van der Waals surface area contributed by atoms with E-state index < -0.39 is 11.9 Å². The maximum atomic E-state index is 14.1. The lowest BCUT2D eigenvalue weighted by atomic mass is 10.0. The number of thiophene rings is 1. The summed E-state index contributed by atoms with van der Waals surface area (Å²) in [6.45, 7) is 1.96. The number of nitrogens with two attached hydrogens (primary N) is 1. The van der Waals surface area contributed by atoms with Crippen molar-refractivity contribution in [2.24, 2.45) is 5.73 Å². The maximum Gasteiger partial charge on any atom is 0.163 e. The summed E-state index contributed by atoms with van der Waals surface area (Å²) in [4.78, 5) is 0.950. The molecule has 1 aromatic heterocycles. The van der Waals surface area contributed by atoms with E-state index >= 15 is 0 Å². The minimum Gasteiger partial charge on any atom is -0.493 e. The lowest BCUT2D eigenvalue weighted by Crippen LogP contribution is -2.13. The van der Waals surface area contributed by atoms with Gasteiger partial charge in [-0.2, -0.15) is 0 Å². The third-order valence-corrected chi connectivity index (χ3v) is 4.12. The van der Waals surface area contributed by atoms with Crippen LogP contribution in [0.4, 0.5) is 4.39 Å². The maximum absolute atomic E-state index is 14.1. The van der Waals surface area contributed by atoms with Gasteiger partial charge in [0.1, 0.15) is 5.82 Å². The highest BCUT2D eigenvalue weighted by Gasteiger charge is 2.20. The van der Waals surface area contributed by atoms with Crippen molar-refractivity contribution >= 4 is 11.3 Å². The molecule has 0 aliphatic carbocycles. The average molecular weight is 281 g/mol. The molecule has 1 unspecified atom stereocenters. The molecule has 19 heavy (non-hydrogen) atoms. The molecule has 2 rings (SSSR count). The summed E-state index contributed by atoms with van der Waals surface area (Å²) in [7, 11) is 2.99. The van der Waals surface area contributed by atoms with E-state index in [1.807, 2.05) is 18.4 Å². The highest BCUT2D eigenvalue weighted by Crippen LogP contribution is 2.35. The number of hydrogen-bond acceptors (Lipinski definition) is 4. The first-order valence-electron chi connectivity index (χ1n) is 5.79. The van der Waals surface area contributed by atoms with Crippen molar-refractivity contribution in [1.82, 2.24) is 0 Å². The van der Waals surface area contributed by atoms with Gasteiger partial charge < -0.3 is 15.2 Å². The number of methoxy groups -OCH3 is 2. The van der Waals surface area contributed by atoms with Crippen LogP contribution in [-0.2, 0) is 0 Å². The van der Waals surface area contributed by atoms with Crippen LogP contribution < -0.4 is 15.2 Å². The molecule has 1 atom stereocenters. The Kier molecular flexibility index (Phi) is 4.07. The van der Waals surface area contributed by atoms with Crippen LogP contribution in [0.25, 0.3) is 0 Å². The summed E-state index contributed by atoms with van der Waals surface area (Å²) in [6.07, 6.45) is 0. The minimum absolute atomic E-state index is 0.360. The molecule has 0 spiro atoms. The Hall–Kier alpha value is -1.59. The molecule has 0 aliphatic heterocycles. The number of aryl methyl sites for hydroxylation is 1. The molecule has 2 aromatic rings. The zero-order valence-electron chi connectivity index (χ0n) is 11.1. The summed E-state index contributed by atoms with van der Waals surface area (Å²) in [5.74, 6) is 0.445. The number of halogens is 1. The van der Waals surface area contributed by atoms with Crippen molar-refractivity contribution in [3.05, 3.63) is 45.4 Å². The second kappa shape index (κ2) is 5.59. The van der Waals surface area contributed by atoms with E-state index in [1.165, 1.54) is 31.6 Å². The molecular formula is C14H16FNO2S. The summed E-state index contributed by atoms with van der Waals surface area (Å²) >= 11 is 1.52. The van der Waals surface area contributed by atoms with Gasteiger partial charge in [0.2, 0.25) is 0 Å². The van der Waals surface area contributed by atoms with Crippen molar-refractivity contribution in [3.63, 3.8) is 0 Å². The fourth-order valence-electron chi connectivity index (χ4n) is 1.95. The van der Waals surface area contributed by atoms with Gasteiger partial charge in [0.15, 0.2) is 11.5 Å². The van der Waals surface area contributed by atoms with Crippen LogP contribution in [0.2, 0.25) is 0 Å². The zero-order valence-corrected chi connectivity index (χ0v) is 11.9. The molecule has 0 saturated heterocycles. The molecule has 0 fully saturated rings. The van der Waals surface area contributed by atoms with Crippen LogP contribution in [0.15, 0.2) is 23.6 Å². The van der Waals surface area contributed by atoms with Crippen molar-refractivity contribution in [3.8, 4) is 11.5 Å². The first-order valence-corrected chi connectivity index (χ1v) is 6.67. The summed E-state index contributed by atoms with van der Waals surface area (Å²) in [6, 6.07) is 4.37. The first-order chi connectivity index (χ1) is 9.08. The Bertz CT molecular complexity index is 583. The topological polar surface area (TPSA) is 44.5 Å². The normalized spacial score (nSPS) is 12.3. The number of hydrogen-bond donors (Lipinski definition) is 1. The average Bonchev–Trinajstić information content (AvgIpc) is 2.83. The Morgan fingerprint density at radius 1 is 1.21 bits per heavy atom. The molecule has 0 bridgehead atoms. The number of ether oxygens (including phenoxy) is 2. The molecule has 1 aromatic carbocycles. The third kappa shape index (κ3) is 2.57. The van der Waals surface area contributed by atoms with E-state index in [0.717, 1.165) is 10.4 Å². The lowest BCUT2D eigenvalue weighted by Gasteiger charge is -2.16. The van der Waals surface area contributed by atoms with E-state index in [1.54, 1.807) is 6.07 Å². The summed E-state index contributed by atoms with van der Waals surface area (Å²) in [5, 5.41) is 1.95. The van der Waals surface area contributed by atoms with Crippen molar-refractivity contribution in [2.75, 3.05) is 14.2 Å². The van der Waals surface area contributed by atoms with Gasteiger partial charge in [-0.05, 0) is 30.0 Å². The van der Waals surface area contributed by atoms with Crippen LogP contribution in [0.5, 0.6) is 11.5 Å². The third-order valence-electron chi connectivity index (χ3n) is 3.02. The second-order valence-electron chi connectivity index (χ2n) is 4.17. The van der Waals surface area contributed by atoms with Gasteiger partial charge in [0, 0.05) is 16.5 Å². The van der Waals surface area contributed by atoms with Crippen molar-refractivity contribution in [1.29, 1.82) is 0 Å². The highest BCUT2D eigenvalue weighted by atomic mass is 32.1. The first kappa shape index (κ1) is 13.8. The largest absolute Gasteiger partial charge is 0.493 e. The van der Waals surface area contributed by atoms with Gasteiger partial charge in [-0.25, -0.2) is 4.39 Å². The number of rotatable bonds is 4. The highest BCUT2D eigenvalue weighted by molar-refractivity contribution is 7.10. The smallest absolute Gasteiger partial charge is 0.163 e. The Morgan fingerprint density at radius 2 is 1.84 bits per heavy atom. The van der Waals surface area contributed by atoms with E-state index in [9.17, 15) is 4.39 Å². The zero-order chi connectivity index (χ0) is 14.0. The van der Waals surface area contributed by atoms with E-state index in [4.69, 9.17) is 15.2 Å². The van der Waals surface area contributed by atoms with E-state index in [0.29, 0.717) is 17.1 Å². The van der Waals surface area contributed by atoms with Gasteiger partial charge in [0.05, 0.1) is 20.3 Å². The second-order valence-corrected chi connectivity index (χ2v) is 5.12. The predicted octanol–water partition coefficient (Wildman–Crippen LogP) is 3.26. The molecular weight excluding hydrogens is 265 g/mol. The Balaban J connectivity index is 2.48. The summed E-state index contributed by atoms with van der Waals surface area (Å²) < 4.78 is 24.4. The van der Waals surface area contributed by atoms with E-state index in [-0.39, 0.29) is 0 Å². The monoisotopic (exact) mass is 281 g/mol. The van der Waals surface area contributed by atoms with Crippen LogP contribution >= 0.6 is 11.3 Å². The predicted molar refractivity (Wildman–Crippen MR) is 74.6 cm³/mol. The minimum atomic E-state index is -0.500. The standard InChI is InChI=1S/C14H16FNO2S/c1-8-4-5-19-14(8)13(16)9-6-11(17-2)12(18-3)7-10(9)15/h4-7,13H,16H2,1-3H3. The van der Waals surface area contributed by atoms with Gasteiger partial charge in [0.25, 0.3) is 0 Å². The lowest BCUT2D eigenvalue weighted by molar-refractivity contribution is 0.351. The molecule has 102 valence electrons. The molecule has 0 amide bonds. The Morgan fingerprint density at radius 3 is 2.37 bits per heavy atom. The molecule has 3 nitrogen and oxygen atoms in total. The fraction of sp³-hybridized carbons (Fsp3) is 0.286. The molecule has 5 heteroatoms. The van der Waals surface area contributed by atoms with E-state index in [2.05, 4.69) is 0 Å². The quantitative estimate of drug-likeness (QED) is 0.935. The van der Waals surface area contributed by atoms with Gasteiger partial charge in [-0.1, -0.05) is 0 Å². The van der Waals surface area contributed by atoms with Crippen molar-refractivity contribution < 1.29 is 13.9 Å². The molecule has 1 heterocycles. The van der Waals surface area contributed by atoms with Gasteiger partial charge in [-0.3, -0.25) is 0 Å². The van der Waals surface area contributed by atoms with Crippen molar-refractivity contribution in [2.45, 2.75) is 13.0 Å². The van der Waals surface area contributed by atoms with Gasteiger partial charge >= 0.3 is 0 Å². The molecule has 0 radical (unpaired) electrons. The SMILES string of the molecule is COc1cc(F)c(C(N)c2sccc2C)cc1OC. The Labute approximate surface area is 115 Å². The molecule has 2 N–H and O–H groups in total. The fourth-order valence-corrected chi connectivity index (χ4v) is 2.90. The van der Waals surface area contributed by atoms with Crippen LogP contribution in [0, 0.1) is 12.7 Å². The van der Waals surface area contributed by atoms with Crippen LogP contribution in [-0.4, -0.2) is 14.2 Å².